The van der Waals surface area contributed by atoms with E-state index in [9.17, 15) is 33.9 Å². The maximum atomic E-state index is 14.0. The Kier molecular flexibility index (Phi) is 19.8. The molecule has 6 atom stereocenters. The van der Waals surface area contributed by atoms with Crippen molar-refractivity contribution in [3.05, 3.63) is 12.2 Å². The number of nitrogens with one attached hydrogen (secondary N) is 4. The fraction of sp³-hybridized carbons (Fsp3) is 0.778. The van der Waals surface area contributed by atoms with Crippen LogP contribution in [-0.4, -0.2) is 83.8 Å². The Bertz CT molecular complexity index is 1140. The molecule has 1 aliphatic carbocycles. The van der Waals surface area contributed by atoms with Crippen LogP contribution in [0.1, 0.15) is 117 Å². The lowest BCUT2D eigenvalue weighted by molar-refractivity contribution is -0.144. The third kappa shape index (κ3) is 15.7. The van der Waals surface area contributed by atoms with Crippen molar-refractivity contribution < 1.29 is 33.9 Å². The van der Waals surface area contributed by atoms with Crippen molar-refractivity contribution in [1.82, 2.24) is 21.3 Å². The maximum absolute atomic E-state index is 14.0. The predicted molar refractivity (Wildman–Crippen MR) is 191 cm³/mol. The third-order valence-electron chi connectivity index (χ3n) is 9.61. The van der Waals surface area contributed by atoms with E-state index in [4.69, 9.17) is 17.2 Å². The summed E-state index contributed by atoms with van der Waals surface area (Å²) in [6.07, 6.45) is 11.9. The number of carboxylic acids is 1. The molecule has 0 aromatic rings. The number of carboxylic acid groups (broad SMARTS) is 1. The summed E-state index contributed by atoms with van der Waals surface area (Å²) in [6, 6.07) is -4.95. The largest absolute Gasteiger partial charge is 0.481 e. The van der Waals surface area contributed by atoms with Gasteiger partial charge in [-0.1, -0.05) is 58.1 Å². The number of hydrogen-bond acceptors (Lipinski definition) is 9. The number of Topliss-reactive ketones (excluding diaryl/α,β-unsaturated/α-hetero) is 1. The standard InChI is InChI=1S/C36H63N7O7/c1-23(2)20-25(36(49)50)22-31(44)30(21-24-12-4-3-5-13-24)43-35(48)28-15-7-6-14-26(39)32(45)40-27(16-8-10-18-37)33(46)42-29(34(47)41-28)17-9-11-19-38/h6-7,23-30H,3-5,8-22,37-39H2,1-2H3,(H,40,45)(H,41,47)(H,42,46)(H,43,48)(H,49,50)/t25-,26+,27+,28+,29+,30+/m1/s1. The summed E-state index contributed by atoms with van der Waals surface area (Å²) in [5.41, 5.74) is 17.5. The summed E-state index contributed by atoms with van der Waals surface area (Å²) in [7, 11) is 0. The minimum Gasteiger partial charge on any atom is -0.481 e. The molecule has 2 aliphatic rings. The van der Waals surface area contributed by atoms with Crippen LogP contribution in [0.3, 0.4) is 0 Å². The van der Waals surface area contributed by atoms with E-state index >= 15 is 0 Å². The first-order chi connectivity index (χ1) is 23.9. The van der Waals surface area contributed by atoms with Crippen molar-refractivity contribution in [1.29, 1.82) is 0 Å². The Morgan fingerprint density at radius 3 is 1.96 bits per heavy atom. The lowest BCUT2D eigenvalue weighted by Crippen LogP contribution is -2.58. The van der Waals surface area contributed by atoms with Gasteiger partial charge in [0.25, 0.3) is 0 Å². The molecular weight excluding hydrogens is 642 g/mol. The van der Waals surface area contributed by atoms with Crippen LogP contribution in [-0.2, 0) is 28.8 Å². The smallest absolute Gasteiger partial charge is 0.306 e. The molecule has 14 nitrogen and oxygen atoms in total. The van der Waals surface area contributed by atoms with Gasteiger partial charge in [-0.3, -0.25) is 28.8 Å². The molecule has 14 heteroatoms. The Hall–Kier alpha value is -3.36. The zero-order valence-corrected chi connectivity index (χ0v) is 30.1. The molecular formula is C36H63N7O7. The molecule has 284 valence electrons. The monoisotopic (exact) mass is 705 g/mol. The van der Waals surface area contributed by atoms with Gasteiger partial charge in [-0.15, -0.1) is 0 Å². The minimum absolute atomic E-state index is 0.0343. The second kappa shape index (κ2) is 23.2. The number of unbranched alkanes of at least 4 members (excludes halogenated alkanes) is 2. The van der Waals surface area contributed by atoms with E-state index < -0.39 is 65.7 Å². The van der Waals surface area contributed by atoms with E-state index in [0.29, 0.717) is 58.0 Å². The Balaban J connectivity index is 2.38. The van der Waals surface area contributed by atoms with E-state index in [0.717, 1.165) is 32.1 Å². The molecule has 11 N–H and O–H groups in total. The van der Waals surface area contributed by atoms with Crippen LogP contribution in [0.5, 0.6) is 0 Å². The highest BCUT2D eigenvalue weighted by Gasteiger charge is 2.34. The van der Waals surface area contributed by atoms with Crippen molar-refractivity contribution in [3.8, 4) is 0 Å². The minimum atomic E-state index is -1.12. The van der Waals surface area contributed by atoms with Crippen LogP contribution in [0.2, 0.25) is 0 Å². The first-order valence-electron chi connectivity index (χ1n) is 18.6. The molecule has 4 amide bonds. The molecule has 2 rings (SSSR count). The Labute approximate surface area is 297 Å². The van der Waals surface area contributed by atoms with Crippen molar-refractivity contribution >= 4 is 35.4 Å². The van der Waals surface area contributed by atoms with Gasteiger partial charge in [-0.2, -0.15) is 0 Å². The van der Waals surface area contributed by atoms with Crippen LogP contribution >= 0.6 is 0 Å². The zero-order valence-electron chi connectivity index (χ0n) is 30.1. The Morgan fingerprint density at radius 1 is 0.840 bits per heavy atom. The van der Waals surface area contributed by atoms with E-state index in [-0.39, 0.29) is 43.3 Å². The highest BCUT2D eigenvalue weighted by molar-refractivity contribution is 5.96. The van der Waals surface area contributed by atoms with Crippen molar-refractivity contribution in [3.63, 3.8) is 0 Å². The maximum Gasteiger partial charge on any atom is 0.306 e. The topological polar surface area (TPSA) is 249 Å². The third-order valence-corrected chi connectivity index (χ3v) is 9.61. The molecule has 1 heterocycles. The van der Waals surface area contributed by atoms with Gasteiger partial charge >= 0.3 is 5.97 Å². The number of nitrogens with two attached hydrogens (primary N) is 3. The number of carbonyl (C=O) groups excluding carboxylic acids is 5. The molecule has 0 radical (unpaired) electrons. The van der Waals surface area contributed by atoms with Gasteiger partial charge in [0.15, 0.2) is 5.78 Å². The number of amides is 4. The highest BCUT2D eigenvalue weighted by atomic mass is 16.4. The lowest BCUT2D eigenvalue weighted by atomic mass is 9.82. The van der Waals surface area contributed by atoms with Gasteiger partial charge < -0.3 is 43.6 Å². The average molecular weight is 706 g/mol. The Morgan fingerprint density at radius 2 is 1.40 bits per heavy atom. The summed E-state index contributed by atoms with van der Waals surface area (Å²) in [4.78, 5) is 79.8. The van der Waals surface area contributed by atoms with Gasteiger partial charge in [-0.25, -0.2) is 0 Å². The van der Waals surface area contributed by atoms with Crippen molar-refractivity contribution in [2.75, 3.05) is 13.1 Å². The summed E-state index contributed by atoms with van der Waals surface area (Å²) < 4.78 is 0. The van der Waals surface area contributed by atoms with E-state index in [1.54, 1.807) is 12.2 Å². The fourth-order valence-corrected chi connectivity index (χ4v) is 6.69. The second-order valence-corrected chi connectivity index (χ2v) is 14.4. The lowest BCUT2D eigenvalue weighted by Gasteiger charge is -2.29. The number of rotatable bonds is 18. The number of aliphatic carboxylic acids is 1. The molecule has 50 heavy (non-hydrogen) atoms. The fourth-order valence-electron chi connectivity index (χ4n) is 6.69. The molecule has 1 saturated carbocycles. The quantitative estimate of drug-likeness (QED) is 0.0755. The van der Waals surface area contributed by atoms with Crippen LogP contribution in [0.4, 0.5) is 0 Å². The van der Waals surface area contributed by atoms with Crippen molar-refractivity contribution in [2.24, 2.45) is 35.0 Å². The predicted octanol–water partition coefficient (Wildman–Crippen LogP) is 1.54. The summed E-state index contributed by atoms with van der Waals surface area (Å²) in [5.74, 6) is -4.21. The molecule has 0 unspecified atom stereocenters. The second-order valence-electron chi connectivity index (χ2n) is 14.4. The van der Waals surface area contributed by atoms with Gasteiger partial charge in [0.1, 0.15) is 18.1 Å². The van der Waals surface area contributed by atoms with E-state index in [2.05, 4.69) is 21.3 Å². The van der Waals surface area contributed by atoms with E-state index in [1.165, 1.54) is 0 Å². The highest BCUT2D eigenvalue weighted by Crippen LogP contribution is 2.28. The van der Waals surface area contributed by atoms with Crippen LogP contribution in [0.25, 0.3) is 0 Å². The van der Waals surface area contributed by atoms with E-state index in [1.807, 2.05) is 13.8 Å². The normalized spacial score (nSPS) is 24.0. The first kappa shape index (κ1) is 42.8. The van der Waals surface area contributed by atoms with Crippen LogP contribution in [0.15, 0.2) is 12.2 Å². The number of carbonyl (C=O) groups is 6. The SMILES string of the molecule is CC(C)C[C@H](CC(=O)[C@H](CC1CCCCC1)NC(=O)[C@@H]1CC=CC[C@H](N)C(=O)N[C@@H](CCCCN)C(=O)N[C@@H](CCCCN)C(=O)N1)C(=O)O. The number of ketones is 1. The summed E-state index contributed by atoms with van der Waals surface area (Å²) in [6.45, 7) is 4.62. The zero-order chi connectivity index (χ0) is 37.1. The molecule has 0 aromatic heterocycles. The van der Waals surface area contributed by atoms with Gasteiger partial charge in [-0.05, 0) is 89.1 Å². The molecule has 0 bridgehead atoms. The summed E-state index contributed by atoms with van der Waals surface area (Å²) in [5, 5.41) is 21.0. The first-order valence-corrected chi connectivity index (χ1v) is 18.6. The number of hydrogen-bond donors (Lipinski definition) is 8. The summed E-state index contributed by atoms with van der Waals surface area (Å²) >= 11 is 0. The van der Waals surface area contributed by atoms with Gasteiger partial charge in [0.2, 0.25) is 23.6 Å². The average Bonchev–Trinajstić information content (AvgIpc) is 3.07. The molecule has 0 saturated heterocycles. The van der Waals surface area contributed by atoms with Gasteiger partial charge in [0.05, 0.1) is 18.0 Å². The van der Waals surface area contributed by atoms with Crippen LogP contribution < -0.4 is 38.5 Å². The van der Waals surface area contributed by atoms with Crippen molar-refractivity contribution in [2.45, 2.75) is 147 Å². The molecule has 1 fully saturated rings. The molecule has 0 spiro atoms. The molecule has 1 aliphatic heterocycles. The molecule has 0 aromatic carbocycles. The van der Waals surface area contributed by atoms with Crippen LogP contribution in [0, 0.1) is 17.8 Å². The van der Waals surface area contributed by atoms with Gasteiger partial charge in [0, 0.05) is 6.42 Å².